The highest BCUT2D eigenvalue weighted by Gasteiger charge is 2.42. The molecule has 2 aromatic carbocycles. The minimum atomic E-state index is -0.491. The van der Waals surface area contributed by atoms with Gasteiger partial charge in [0.1, 0.15) is 5.75 Å². The van der Waals surface area contributed by atoms with Gasteiger partial charge in [-0.15, -0.1) is 0 Å². The van der Waals surface area contributed by atoms with Gasteiger partial charge in [-0.25, -0.2) is 0 Å². The highest BCUT2D eigenvalue weighted by atomic mass is 16.3. The number of rotatable bonds is 3. The smallest absolute Gasteiger partial charge is 0.230 e. The normalized spacial score (nSPS) is 20.6. The molecule has 2 N–H and O–H groups in total. The van der Waals surface area contributed by atoms with Gasteiger partial charge < -0.3 is 15.3 Å². The fraction of sp³-hybridized carbons (Fsp3) is 0.222. The molecule has 118 valence electrons. The first-order valence-corrected chi connectivity index (χ1v) is 7.47. The number of phenolic OH excluding ortho intramolecular Hbond substituents is 1. The van der Waals surface area contributed by atoms with Crippen molar-refractivity contribution in [3.63, 3.8) is 0 Å². The van der Waals surface area contributed by atoms with Crippen molar-refractivity contribution in [3.05, 3.63) is 60.2 Å². The average molecular weight is 310 g/mol. The van der Waals surface area contributed by atoms with Gasteiger partial charge in [-0.05, 0) is 17.7 Å². The maximum atomic E-state index is 12.6. The van der Waals surface area contributed by atoms with E-state index in [0.29, 0.717) is 5.69 Å². The van der Waals surface area contributed by atoms with Crippen molar-refractivity contribution in [2.75, 3.05) is 12.4 Å². The third-order valence-corrected chi connectivity index (χ3v) is 4.23. The van der Waals surface area contributed by atoms with E-state index in [2.05, 4.69) is 5.32 Å². The molecule has 0 aliphatic carbocycles. The van der Waals surface area contributed by atoms with Gasteiger partial charge in [0.15, 0.2) is 0 Å². The average Bonchev–Trinajstić information content (AvgIpc) is 2.86. The molecule has 1 saturated heterocycles. The number of likely N-dealkylation sites (tertiary alicyclic amines) is 1. The molecule has 0 radical (unpaired) electrons. The predicted octanol–water partition coefficient (Wildman–Crippen LogP) is 2.55. The Kier molecular flexibility index (Phi) is 4.02. The number of phenols is 1. The van der Waals surface area contributed by atoms with Gasteiger partial charge in [-0.1, -0.05) is 42.5 Å². The molecule has 0 spiro atoms. The highest BCUT2D eigenvalue weighted by Crippen LogP contribution is 2.38. The van der Waals surface area contributed by atoms with Crippen molar-refractivity contribution in [1.29, 1.82) is 0 Å². The van der Waals surface area contributed by atoms with Crippen LogP contribution in [0.5, 0.6) is 5.75 Å². The van der Waals surface area contributed by atoms with E-state index in [4.69, 9.17) is 0 Å². The van der Waals surface area contributed by atoms with Crippen molar-refractivity contribution in [2.45, 2.75) is 12.5 Å². The first-order chi connectivity index (χ1) is 11.1. The molecule has 5 nitrogen and oxygen atoms in total. The van der Waals surface area contributed by atoms with E-state index in [1.807, 2.05) is 30.3 Å². The van der Waals surface area contributed by atoms with Crippen LogP contribution < -0.4 is 5.32 Å². The van der Waals surface area contributed by atoms with Gasteiger partial charge in [-0.2, -0.15) is 0 Å². The second-order valence-corrected chi connectivity index (χ2v) is 5.68. The Balaban J connectivity index is 1.86. The molecule has 23 heavy (non-hydrogen) atoms. The Hall–Kier alpha value is -2.82. The number of nitrogens with zero attached hydrogens (tertiary/aromatic N) is 1. The van der Waals surface area contributed by atoms with E-state index in [1.165, 1.54) is 6.07 Å². The van der Waals surface area contributed by atoms with Crippen LogP contribution in [0.4, 0.5) is 5.69 Å². The lowest BCUT2D eigenvalue weighted by atomic mass is 9.93. The van der Waals surface area contributed by atoms with Crippen LogP contribution >= 0.6 is 0 Å². The molecule has 0 bridgehead atoms. The number of benzene rings is 2. The summed E-state index contributed by atoms with van der Waals surface area (Å²) in [4.78, 5) is 26.3. The number of carbonyl (C=O) groups is 2. The monoisotopic (exact) mass is 310 g/mol. The van der Waals surface area contributed by atoms with E-state index in [0.717, 1.165) is 5.56 Å². The van der Waals surface area contributed by atoms with Gasteiger partial charge >= 0.3 is 0 Å². The zero-order chi connectivity index (χ0) is 16.4. The van der Waals surface area contributed by atoms with Gasteiger partial charge in [-0.3, -0.25) is 9.59 Å². The third kappa shape index (κ3) is 2.90. The Bertz CT molecular complexity index is 730. The zero-order valence-electron chi connectivity index (χ0n) is 12.8. The first kappa shape index (κ1) is 15.1. The highest BCUT2D eigenvalue weighted by molar-refractivity contribution is 5.98. The van der Waals surface area contributed by atoms with Gasteiger partial charge in [0.2, 0.25) is 11.8 Å². The molecule has 2 aromatic rings. The summed E-state index contributed by atoms with van der Waals surface area (Å²) in [6, 6.07) is 15.8. The van der Waals surface area contributed by atoms with Crippen molar-refractivity contribution in [3.8, 4) is 5.75 Å². The van der Waals surface area contributed by atoms with Crippen molar-refractivity contribution in [1.82, 2.24) is 4.90 Å². The largest absolute Gasteiger partial charge is 0.506 e. The molecule has 1 aliphatic heterocycles. The summed E-state index contributed by atoms with van der Waals surface area (Å²) in [5.41, 5.74) is 1.28. The molecule has 0 aromatic heterocycles. The van der Waals surface area contributed by atoms with Crippen molar-refractivity contribution < 1.29 is 14.7 Å². The number of amides is 2. The third-order valence-electron chi connectivity index (χ3n) is 4.23. The maximum Gasteiger partial charge on any atom is 0.230 e. The number of nitrogens with one attached hydrogen (secondary N) is 1. The summed E-state index contributed by atoms with van der Waals surface area (Å²) in [7, 11) is 1.72. The topological polar surface area (TPSA) is 69.6 Å². The molecular formula is C18H18N2O3. The first-order valence-electron chi connectivity index (χ1n) is 7.47. The quantitative estimate of drug-likeness (QED) is 0.856. The second-order valence-electron chi connectivity index (χ2n) is 5.68. The summed E-state index contributed by atoms with van der Waals surface area (Å²) in [5, 5.41) is 12.5. The summed E-state index contributed by atoms with van der Waals surface area (Å²) >= 11 is 0. The van der Waals surface area contributed by atoms with Crippen LogP contribution in [0.2, 0.25) is 0 Å². The van der Waals surface area contributed by atoms with Crippen LogP contribution in [0.3, 0.4) is 0 Å². The molecule has 1 heterocycles. The number of hydrogen-bond acceptors (Lipinski definition) is 3. The van der Waals surface area contributed by atoms with Crippen LogP contribution in [-0.4, -0.2) is 28.9 Å². The lowest BCUT2D eigenvalue weighted by molar-refractivity contribution is -0.127. The molecule has 1 aliphatic rings. The summed E-state index contributed by atoms with van der Waals surface area (Å²) in [6.45, 7) is 0. The number of hydrogen-bond donors (Lipinski definition) is 2. The minimum Gasteiger partial charge on any atom is -0.506 e. The SMILES string of the molecule is CN1C(=O)C[C@@H](C(=O)Nc2ccccc2O)[C@H]1c1ccccc1. The molecule has 1 fully saturated rings. The fourth-order valence-corrected chi connectivity index (χ4v) is 3.02. The maximum absolute atomic E-state index is 12.6. The Morgan fingerprint density at radius 1 is 1.13 bits per heavy atom. The van der Waals surface area contributed by atoms with Crippen molar-refractivity contribution >= 4 is 17.5 Å². The van der Waals surface area contributed by atoms with Crippen LogP contribution in [0.1, 0.15) is 18.0 Å². The number of carbonyl (C=O) groups excluding carboxylic acids is 2. The minimum absolute atomic E-state index is 0.00906. The Morgan fingerprint density at radius 2 is 1.78 bits per heavy atom. The Labute approximate surface area is 134 Å². The van der Waals surface area contributed by atoms with E-state index >= 15 is 0 Å². The summed E-state index contributed by atoms with van der Waals surface area (Å²) < 4.78 is 0. The zero-order valence-corrected chi connectivity index (χ0v) is 12.8. The number of aromatic hydroxyl groups is 1. The van der Waals surface area contributed by atoms with Crippen LogP contribution in [-0.2, 0) is 9.59 Å². The predicted molar refractivity (Wildman–Crippen MR) is 86.8 cm³/mol. The summed E-state index contributed by atoms with van der Waals surface area (Å²) in [6.07, 6.45) is 0.162. The van der Waals surface area contributed by atoms with Gasteiger partial charge in [0, 0.05) is 13.5 Å². The molecule has 2 amide bonds. The molecule has 5 heteroatoms. The lowest BCUT2D eigenvalue weighted by Gasteiger charge is -2.25. The van der Waals surface area contributed by atoms with E-state index in [-0.39, 0.29) is 30.0 Å². The molecule has 0 unspecified atom stereocenters. The lowest BCUT2D eigenvalue weighted by Crippen LogP contribution is -2.30. The van der Waals surface area contributed by atoms with Crippen molar-refractivity contribution in [2.24, 2.45) is 5.92 Å². The Morgan fingerprint density at radius 3 is 2.48 bits per heavy atom. The van der Waals surface area contributed by atoms with Gasteiger partial charge in [0.25, 0.3) is 0 Å². The number of para-hydroxylation sites is 2. The molecule has 3 rings (SSSR count). The number of anilines is 1. The van der Waals surface area contributed by atoms with E-state index in [9.17, 15) is 14.7 Å². The van der Waals surface area contributed by atoms with E-state index in [1.54, 1.807) is 30.1 Å². The second kappa shape index (κ2) is 6.12. The van der Waals surface area contributed by atoms with Crippen LogP contribution in [0.25, 0.3) is 0 Å². The molecule has 2 atom stereocenters. The van der Waals surface area contributed by atoms with Crippen LogP contribution in [0, 0.1) is 5.92 Å². The van der Waals surface area contributed by atoms with Crippen LogP contribution in [0.15, 0.2) is 54.6 Å². The summed E-state index contributed by atoms with van der Waals surface area (Å²) in [5.74, 6) is -0.807. The van der Waals surface area contributed by atoms with Gasteiger partial charge in [0.05, 0.1) is 17.6 Å². The molecular weight excluding hydrogens is 292 g/mol. The molecule has 0 saturated carbocycles. The standard InChI is InChI=1S/C18H18N2O3/c1-20-16(22)11-13(17(20)12-7-3-2-4-8-12)18(23)19-14-9-5-6-10-15(14)21/h2-10,13,17,21H,11H2,1H3,(H,19,23)/t13-,17-/m1/s1. The fourth-order valence-electron chi connectivity index (χ4n) is 3.02. The van der Waals surface area contributed by atoms with E-state index < -0.39 is 5.92 Å².